The van der Waals surface area contributed by atoms with E-state index in [-0.39, 0.29) is 7.92 Å². The Morgan fingerprint density at radius 2 is 1.86 bits per heavy atom. The zero-order valence-electron chi connectivity index (χ0n) is 4.63. The fourth-order valence-electron chi connectivity index (χ4n) is 0.327. The molecule has 7 heavy (non-hydrogen) atoms. The highest BCUT2D eigenvalue weighted by Gasteiger charge is 1.98. The van der Waals surface area contributed by atoms with E-state index in [1.54, 1.807) is 0 Å². The second kappa shape index (κ2) is 3.36. The maximum absolute atomic E-state index is 8.29. The Morgan fingerprint density at radius 1 is 1.43 bits per heavy atom. The first kappa shape index (κ1) is 7.35. The highest BCUT2D eigenvalue weighted by molar-refractivity contribution is 7.56. The van der Waals surface area contributed by atoms with Gasteiger partial charge in [-0.15, -0.1) is 7.92 Å². The van der Waals surface area contributed by atoms with E-state index in [0.717, 1.165) is 0 Å². The van der Waals surface area contributed by atoms with Crippen LogP contribution < -0.4 is 0 Å². The summed E-state index contributed by atoms with van der Waals surface area (Å²) in [5, 5.41) is 16.6. The molecule has 0 atom stereocenters. The van der Waals surface area contributed by atoms with Crippen LogP contribution in [0, 0.1) is 0 Å². The first-order valence-corrected chi connectivity index (χ1v) is 4.56. The van der Waals surface area contributed by atoms with Gasteiger partial charge in [-0.3, -0.25) is 0 Å². The average Bonchev–Trinajstić information content (AvgIpc) is 1.27. The van der Waals surface area contributed by atoms with Crippen molar-refractivity contribution in [1.82, 2.24) is 0 Å². The Morgan fingerprint density at radius 3 is 1.86 bits per heavy atom. The summed E-state index contributed by atoms with van der Waals surface area (Å²) in [6, 6.07) is 0. The summed E-state index contributed by atoms with van der Waals surface area (Å²) >= 11 is 0. The van der Waals surface area contributed by atoms with Crippen molar-refractivity contribution < 1.29 is 10.2 Å². The summed E-state index contributed by atoms with van der Waals surface area (Å²) in [6.45, 7) is 4.02. The monoisotopic (exact) mass is 122 g/mol. The Labute approximate surface area is 44.9 Å². The summed E-state index contributed by atoms with van der Waals surface area (Å²) in [4.78, 5) is 0. The normalized spacial score (nSPS) is 11.1. The van der Waals surface area contributed by atoms with Gasteiger partial charge in [0.15, 0.2) is 6.29 Å². The minimum absolute atomic E-state index is 0.140. The van der Waals surface area contributed by atoms with Crippen molar-refractivity contribution in [2.24, 2.45) is 0 Å². The van der Waals surface area contributed by atoms with Crippen LogP contribution in [0.25, 0.3) is 0 Å². The molecule has 0 fully saturated rings. The third kappa shape index (κ3) is 6.35. The maximum atomic E-state index is 8.29. The van der Waals surface area contributed by atoms with Crippen molar-refractivity contribution in [1.29, 1.82) is 0 Å². The Balaban J connectivity index is 2.95. The molecule has 0 aliphatic carbocycles. The van der Waals surface area contributed by atoms with Gasteiger partial charge >= 0.3 is 0 Å². The molecular formula is C4H11O2P. The molecule has 0 aliphatic rings. The van der Waals surface area contributed by atoms with Crippen LogP contribution in [0.4, 0.5) is 0 Å². The molecule has 3 heteroatoms. The van der Waals surface area contributed by atoms with Crippen LogP contribution in [0.2, 0.25) is 0 Å². The third-order valence-electron chi connectivity index (χ3n) is 0.528. The van der Waals surface area contributed by atoms with Gasteiger partial charge in [0, 0.05) is 6.16 Å². The second-order valence-corrected chi connectivity index (χ2v) is 4.27. The van der Waals surface area contributed by atoms with Crippen molar-refractivity contribution in [2.75, 3.05) is 19.5 Å². The van der Waals surface area contributed by atoms with Gasteiger partial charge in [0.2, 0.25) is 0 Å². The molecule has 0 radical (unpaired) electrons. The minimum atomic E-state index is -1.10. The fourth-order valence-corrected chi connectivity index (χ4v) is 0.980. The van der Waals surface area contributed by atoms with Gasteiger partial charge < -0.3 is 10.2 Å². The minimum Gasteiger partial charge on any atom is -0.368 e. The maximum Gasteiger partial charge on any atom is 0.155 e. The SMILES string of the molecule is CP(C)CC(O)O. The standard InChI is InChI=1S/C4H11O2P/c1-7(2)3-4(5)6/h4-6H,3H2,1-2H3. The number of rotatable bonds is 2. The highest BCUT2D eigenvalue weighted by atomic mass is 31.1. The molecule has 2 N–H and O–H groups in total. The first-order chi connectivity index (χ1) is 3.13. The molecule has 0 aromatic carbocycles. The van der Waals surface area contributed by atoms with Crippen molar-refractivity contribution in [3.63, 3.8) is 0 Å². The predicted octanol–water partition coefficient (Wildman–Crippen LogP) is 0.0386. The van der Waals surface area contributed by atoms with Gasteiger partial charge in [0.05, 0.1) is 0 Å². The fraction of sp³-hybridized carbons (Fsp3) is 1.00. The topological polar surface area (TPSA) is 40.5 Å². The molecule has 0 heterocycles. The van der Waals surface area contributed by atoms with Crippen molar-refractivity contribution in [3.05, 3.63) is 0 Å². The zero-order chi connectivity index (χ0) is 5.86. The number of aliphatic hydroxyl groups is 2. The van der Waals surface area contributed by atoms with Gasteiger partial charge in [0.25, 0.3) is 0 Å². The van der Waals surface area contributed by atoms with Gasteiger partial charge in [-0.1, -0.05) is 0 Å². The lowest BCUT2D eigenvalue weighted by Gasteiger charge is -2.04. The quantitative estimate of drug-likeness (QED) is 0.401. The van der Waals surface area contributed by atoms with Gasteiger partial charge in [0.1, 0.15) is 0 Å². The average molecular weight is 122 g/mol. The van der Waals surface area contributed by atoms with Gasteiger partial charge in [-0.25, -0.2) is 0 Å². The number of hydrogen-bond donors (Lipinski definition) is 2. The summed E-state index contributed by atoms with van der Waals surface area (Å²) in [5.41, 5.74) is 0. The molecule has 0 aliphatic heterocycles. The molecule has 0 aromatic rings. The van der Waals surface area contributed by atoms with E-state index in [2.05, 4.69) is 0 Å². The second-order valence-electron chi connectivity index (χ2n) is 1.74. The Bertz CT molecular complexity index is 39.0. The van der Waals surface area contributed by atoms with E-state index in [0.29, 0.717) is 6.16 Å². The van der Waals surface area contributed by atoms with E-state index in [1.807, 2.05) is 13.3 Å². The molecule has 0 bridgehead atoms. The lowest BCUT2D eigenvalue weighted by molar-refractivity contribution is -0.0194. The largest absolute Gasteiger partial charge is 0.368 e. The molecule has 0 saturated carbocycles. The van der Waals surface area contributed by atoms with E-state index in [9.17, 15) is 0 Å². The lowest BCUT2D eigenvalue weighted by atomic mass is 10.8. The van der Waals surface area contributed by atoms with Crippen LogP contribution in [-0.4, -0.2) is 36.0 Å². The van der Waals surface area contributed by atoms with E-state index < -0.39 is 6.29 Å². The number of aliphatic hydroxyl groups excluding tert-OH is 1. The molecule has 0 aromatic heterocycles. The molecule has 0 rings (SSSR count). The van der Waals surface area contributed by atoms with Crippen LogP contribution in [0.1, 0.15) is 0 Å². The molecular weight excluding hydrogens is 111 g/mol. The molecule has 44 valence electrons. The van der Waals surface area contributed by atoms with Gasteiger partial charge in [-0.2, -0.15) is 0 Å². The summed E-state index contributed by atoms with van der Waals surface area (Å²) in [5.74, 6) is 0. The van der Waals surface area contributed by atoms with Crippen molar-refractivity contribution >= 4 is 7.92 Å². The van der Waals surface area contributed by atoms with Crippen molar-refractivity contribution in [2.45, 2.75) is 6.29 Å². The molecule has 0 spiro atoms. The molecule has 0 unspecified atom stereocenters. The molecule has 0 amide bonds. The zero-order valence-corrected chi connectivity index (χ0v) is 5.52. The summed E-state index contributed by atoms with van der Waals surface area (Å²) < 4.78 is 0. The summed E-state index contributed by atoms with van der Waals surface area (Å²) in [6.07, 6.45) is -0.559. The molecule has 0 saturated heterocycles. The van der Waals surface area contributed by atoms with Crippen LogP contribution in [0.5, 0.6) is 0 Å². The van der Waals surface area contributed by atoms with E-state index >= 15 is 0 Å². The van der Waals surface area contributed by atoms with Crippen LogP contribution in [0.15, 0.2) is 0 Å². The lowest BCUT2D eigenvalue weighted by Crippen LogP contribution is -2.07. The predicted molar refractivity (Wildman–Crippen MR) is 31.9 cm³/mol. The van der Waals surface area contributed by atoms with E-state index in [1.165, 1.54) is 0 Å². The van der Waals surface area contributed by atoms with Crippen LogP contribution in [-0.2, 0) is 0 Å². The first-order valence-electron chi connectivity index (χ1n) is 2.14. The van der Waals surface area contributed by atoms with Crippen molar-refractivity contribution in [3.8, 4) is 0 Å². The smallest absolute Gasteiger partial charge is 0.155 e. The summed E-state index contributed by atoms with van der Waals surface area (Å²) in [7, 11) is -0.140. The van der Waals surface area contributed by atoms with Crippen LogP contribution >= 0.6 is 7.92 Å². The van der Waals surface area contributed by atoms with Crippen LogP contribution in [0.3, 0.4) is 0 Å². The molecule has 2 nitrogen and oxygen atoms in total. The van der Waals surface area contributed by atoms with Gasteiger partial charge in [-0.05, 0) is 13.3 Å². The Kier molecular flexibility index (Phi) is 3.53. The highest BCUT2D eigenvalue weighted by Crippen LogP contribution is 2.23. The van der Waals surface area contributed by atoms with E-state index in [4.69, 9.17) is 10.2 Å². The third-order valence-corrected chi connectivity index (χ3v) is 1.59. The Hall–Kier alpha value is 0.350. The number of hydrogen-bond acceptors (Lipinski definition) is 2.